The zero-order chi connectivity index (χ0) is 17.9. The van der Waals surface area contributed by atoms with Gasteiger partial charge in [-0.15, -0.1) is 0 Å². The Kier molecular flexibility index (Phi) is 4.49. The van der Waals surface area contributed by atoms with Crippen LogP contribution in [0.2, 0.25) is 0 Å². The van der Waals surface area contributed by atoms with E-state index in [4.69, 9.17) is 0 Å². The van der Waals surface area contributed by atoms with E-state index in [9.17, 15) is 18.4 Å². The second-order valence-corrected chi connectivity index (χ2v) is 6.89. The second-order valence-electron chi connectivity index (χ2n) is 5.20. The van der Waals surface area contributed by atoms with Crippen molar-refractivity contribution in [2.75, 3.05) is 4.72 Å². The highest BCUT2D eigenvalue weighted by Gasteiger charge is 2.23. The molecule has 126 valence electrons. The van der Waals surface area contributed by atoms with Crippen molar-refractivity contribution in [1.29, 1.82) is 0 Å². The summed E-state index contributed by atoms with van der Waals surface area (Å²) < 4.78 is 27.8. The average molecular weight is 354 g/mol. The fourth-order valence-corrected chi connectivity index (χ4v) is 3.42. The average Bonchev–Trinajstić information content (AvgIpc) is 2.62. The minimum absolute atomic E-state index is 0.0795. The molecule has 7 heteroatoms. The van der Waals surface area contributed by atoms with Gasteiger partial charge < -0.3 is 5.21 Å². The Bertz CT molecular complexity index is 1020. The Hall–Kier alpha value is -3.19. The third kappa shape index (κ3) is 3.51. The van der Waals surface area contributed by atoms with Crippen LogP contribution in [0.3, 0.4) is 0 Å². The van der Waals surface area contributed by atoms with E-state index in [0.717, 1.165) is 0 Å². The number of pyridine rings is 1. The molecule has 1 aromatic heterocycles. The van der Waals surface area contributed by atoms with Gasteiger partial charge in [-0.05, 0) is 30.3 Å². The molecular formula is C18H14N2O4S. The van der Waals surface area contributed by atoms with Crippen molar-refractivity contribution in [2.45, 2.75) is 4.90 Å². The predicted molar refractivity (Wildman–Crippen MR) is 92.5 cm³/mol. The van der Waals surface area contributed by atoms with E-state index >= 15 is 0 Å². The summed E-state index contributed by atoms with van der Waals surface area (Å²) in [5.74, 6) is -0.568. The van der Waals surface area contributed by atoms with Crippen LogP contribution in [-0.2, 0) is 10.0 Å². The minimum atomic E-state index is -3.85. The minimum Gasteiger partial charge on any atom is -0.618 e. The number of aromatic nitrogens is 1. The van der Waals surface area contributed by atoms with Gasteiger partial charge in [0.1, 0.15) is 0 Å². The summed E-state index contributed by atoms with van der Waals surface area (Å²) in [6.45, 7) is 0. The molecule has 3 rings (SSSR count). The quantitative estimate of drug-likeness (QED) is 0.433. The molecule has 25 heavy (non-hydrogen) atoms. The van der Waals surface area contributed by atoms with Crippen LogP contribution in [0.25, 0.3) is 0 Å². The van der Waals surface area contributed by atoms with Crippen molar-refractivity contribution in [2.24, 2.45) is 0 Å². The van der Waals surface area contributed by atoms with Gasteiger partial charge in [0.25, 0.3) is 21.5 Å². The first-order chi connectivity index (χ1) is 12.0. The number of rotatable bonds is 5. The van der Waals surface area contributed by atoms with Gasteiger partial charge in [0.2, 0.25) is 0 Å². The van der Waals surface area contributed by atoms with Gasteiger partial charge in [-0.25, -0.2) is 8.42 Å². The van der Waals surface area contributed by atoms with Gasteiger partial charge in [-0.1, -0.05) is 30.3 Å². The molecule has 0 saturated carbocycles. The smallest absolute Gasteiger partial charge is 0.264 e. The number of sulfonamides is 1. The molecule has 0 saturated heterocycles. The van der Waals surface area contributed by atoms with E-state index in [1.54, 1.807) is 36.4 Å². The number of nitrogens with zero attached hydrogens (tertiary/aromatic N) is 1. The van der Waals surface area contributed by atoms with Gasteiger partial charge in [0.05, 0.1) is 16.1 Å². The van der Waals surface area contributed by atoms with Gasteiger partial charge in [-0.3, -0.25) is 9.52 Å². The first-order valence-electron chi connectivity index (χ1n) is 7.39. The zero-order valence-corrected chi connectivity index (χ0v) is 13.8. The standard InChI is InChI=1S/C18H14N2O4S/c21-18(17-12-6-7-13-20(17)22)15-10-4-5-11-16(15)19-25(23,24)14-8-2-1-3-9-14/h1-13,19H. The Balaban J connectivity index is 2.00. The van der Waals surface area contributed by atoms with E-state index in [2.05, 4.69) is 4.72 Å². The Morgan fingerprint density at radius 3 is 2.24 bits per heavy atom. The van der Waals surface area contributed by atoms with Gasteiger partial charge in [0.15, 0.2) is 6.20 Å². The highest BCUT2D eigenvalue weighted by molar-refractivity contribution is 7.92. The highest BCUT2D eigenvalue weighted by atomic mass is 32.2. The van der Waals surface area contributed by atoms with Gasteiger partial charge in [0, 0.05) is 12.1 Å². The summed E-state index contributed by atoms with van der Waals surface area (Å²) in [5.41, 5.74) is 0.117. The number of carbonyl (C=O) groups is 1. The topological polar surface area (TPSA) is 90.2 Å². The van der Waals surface area contributed by atoms with E-state index < -0.39 is 15.8 Å². The third-order valence-corrected chi connectivity index (χ3v) is 4.91. The van der Waals surface area contributed by atoms with E-state index in [1.165, 1.54) is 42.6 Å². The molecule has 0 amide bonds. The maximum Gasteiger partial charge on any atom is 0.264 e. The van der Waals surface area contributed by atoms with E-state index in [-0.39, 0.29) is 21.8 Å². The van der Waals surface area contributed by atoms with Crippen molar-refractivity contribution >= 4 is 21.5 Å². The number of nitrogens with one attached hydrogen (secondary N) is 1. The SMILES string of the molecule is O=C(c1ccccc1NS(=O)(=O)c1ccccc1)c1cccc[n+]1[O-]. The zero-order valence-electron chi connectivity index (χ0n) is 13.0. The first kappa shape index (κ1) is 16.7. The number of hydrogen-bond donors (Lipinski definition) is 1. The molecule has 0 fully saturated rings. The molecule has 0 bridgehead atoms. The summed E-state index contributed by atoms with van der Waals surface area (Å²) in [6, 6.07) is 18.4. The molecule has 0 aliphatic heterocycles. The van der Waals surface area contributed by atoms with Crippen LogP contribution in [0.15, 0.2) is 83.9 Å². The molecule has 0 aliphatic rings. The van der Waals surface area contributed by atoms with Gasteiger partial charge in [-0.2, -0.15) is 4.73 Å². The van der Waals surface area contributed by atoms with E-state index in [1.807, 2.05) is 0 Å². The molecule has 0 unspecified atom stereocenters. The molecular weight excluding hydrogens is 340 g/mol. The molecule has 6 nitrogen and oxygen atoms in total. The summed E-state index contributed by atoms with van der Waals surface area (Å²) >= 11 is 0. The van der Waals surface area contributed by atoms with Crippen LogP contribution >= 0.6 is 0 Å². The highest BCUT2D eigenvalue weighted by Crippen LogP contribution is 2.22. The number of ketones is 1. The summed E-state index contributed by atoms with van der Waals surface area (Å²) in [6.07, 6.45) is 1.21. The number of anilines is 1. The van der Waals surface area contributed by atoms with E-state index in [0.29, 0.717) is 4.73 Å². The summed E-state index contributed by atoms with van der Waals surface area (Å²) in [5, 5.41) is 11.8. The van der Waals surface area contributed by atoms with Crippen molar-refractivity contribution in [1.82, 2.24) is 0 Å². The molecule has 0 atom stereocenters. The first-order valence-corrected chi connectivity index (χ1v) is 8.87. The number of benzene rings is 2. The predicted octanol–water partition coefficient (Wildman–Crippen LogP) is 2.35. The van der Waals surface area contributed by atoms with Crippen molar-refractivity contribution < 1.29 is 17.9 Å². The van der Waals surface area contributed by atoms with Crippen LogP contribution < -0.4 is 9.45 Å². The molecule has 3 aromatic rings. The summed E-state index contributed by atoms with van der Waals surface area (Å²) in [7, 11) is -3.85. The lowest BCUT2D eigenvalue weighted by atomic mass is 10.1. The van der Waals surface area contributed by atoms with Crippen LogP contribution in [0.4, 0.5) is 5.69 Å². The molecule has 0 aliphatic carbocycles. The molecule has 0 spiro atoms. The Morgan fingerprint density at radius 2 is 1.52 bits per heavy atom. The van der Waals surface area contributed by atoms with Crippen molar-refractivity contribution in [3.8, 4) is 0 Å². The largest absolute Gasteiger partial charge is 0.618 e. The van der Waals surface area contributed by atoms with Crippen LogP contribution in [0.5, 0.6) is 0 Å². The maximum absolute atomic E-state index is 12.7. The fraction of sp³-hybridized carbons (Fsp3) is 0. The van der Waals surface area contributed by atoms with Crippen LogP contribution in [0, 0.1) is 5.21 Å². The monoisotopic (exact) mass is 354 g/mol. The number of carbonyl (C=O) groups excluding carboxylic acids is 1. The fourth-order valence-electron chi connectivity index (χ4n) is 2.32. The number of hydrogen-bond acceptors (Lipinski definition) is 4. The summed E-state index contributed by atoms with van der Waals surface area (Å²) in [4.78, 5) is 12.7. The second kappa shape index (κ2) is 6.74. The Morgan fingerprint density at radius 1 is 0.880 bits per heavy atom. The normalized spacial score (nSPS) is 11.0. The lowest BCUT2D eigenvalue weighted by molar-refractivity contribution is -0.607. The lowest BCUT2D eigenvalue weighted by Crippen LogP contribution is -2.34. The number of para-hydroxylation sites is 1. The van der Waals surface area contributed by atoms with Crippen molar-refractivity contribution in [3.05, 3.63) is 95.5 Å². The molecule has 1 N–H and O–H groups in total. The molecule has 2 aromatic carbocycles. The van der Waals surface area contributed by atoms with Crippen LogP contribution in [0.1, 0.15) is 16.1 Å². The Labute approximate surface area is 145 Å². The van der Waals surface area contributed by atoms with Gasteiger partial charge >= 0.3 is 0 Å². The lowest BCUT2D eigenvalue weighted by Gasteiger charge is -2.12. The van der Waals surface area contributed by atoms with Crippen LogP contribution in [-0.4, -0.2) is 14.2 Å². The third-order valence-electron chi connectivity index (χ3n) is 3.53. The van der Waals surface area contributed by atoms with Crippen molar-refractivity contribution in [3.63, 3.8) is 0 Å². The molecule has 1 heterocycles. The maximum atomic E-state index is 12.7. The molecule has 0 radical (unpaired) electrons.